The predicted molar refractivity (Wildman–Crippen MR) is 142 cm³/mol. The van der Waals surface area contributed by atoms with Crippen LogP contribution in [0.15, 0.2) is 54.3 Å². The molecule has 0 saturated carbocycles. The maximum atomic E-state index is 13.8. The van der Waals surface area contributed by atoms with E-state index in [0.29, 0.717) is 5.76 Å². The quantitative estimate of drug-likeness (QED) is 0.338. The van der Waals surface area contributed by atoms with Crippen LogP contribution in [0.3, 0.4) is 0 Å². The van der Waals surface area contributed by atoms with E-state index in [0.717, 1.165) is 50.5 Å². The van der Waals surface area contributed by atoms with E-state index < -0.39 is 24.0 Å². The number of unbranched alkanes of at least 4 members (excludes halogenated alkanes) is 7. The predicted octanol–water partition coefficient (Wildman–Crippen LogP) is 5.37. The fourth-order valence-electron chi connectivity index (χ4n) is 4.83. The summed E-state index contributed by atoms with van der Waals surface area (Å²) in [6, 6.07) is 9.12. The number of carbonyl (C=O) groups excluding carboxylic acids is 3. The van der Waals surface area contributed by atoms with Crippen molar-refractivity contribution in [1.29, 1.82) is 0 Å². The number of ether oxygens (including phenoxy) is 2. The smallest absolute Gasteiger partial charge is 0.416 e. The summed E-state index contributed by atoms with van der Waals surface area (Å²) in [5.41, 5.74) is 0.894. The number of carbonyl (C=O) groups is 3. The lowest BCUT2D eigenvalue weighted by atomic mass is 9.88. The molecule has 0 radical (unpaired) electrons. The van der Waals surface area contributed by atoms with E-state index >= 15 is 0 Å². The molecule has 2 amide bonds. The average Bonchev–Trinajstić information content (AvgIpc) is 3.29. The fourth-order valence-corrected chi connectivity index (χ4v) is 4.83. The van der Waals surface area contributed by atoms with Crippen molar-refractivity contribution in [2.75, 3.05) is 13.2 Å². The topological polar surface area (TPSA) is 93.1 Å². The monoisotopic (exact) mass is 511 g/mol. The minimum atomic E-state index is -1.00. The normalized spacial score (nSPS) is 21.4. The highest BCUT2D eigenvalue weighted by atomic mass is 16.6. The van der Waals surface area contributed by atoms with E-state index in [9.17, 15) is 14.4 Å². The number of hydrogen-bond acceptors (Lipinski definition) is 6. The van der Waals surface area contributed by atoms with Gasteiger partial charge in [-0.1, -0.05) is 76.3 Å². The van der Waals surface area contributed by atoms with Crippen LogP contribution in [-0.2, 0) is 25.5 Å². The summed E-state index contributed by atoms with van der Waals surface area (Å²) in [4.78, 5) is 40.5. The Hall–Kier alpha value is -2.93. The Labute approximate surface area is 220 Å². The molecule has 1 saturated heterocycles. The maximum absolute atomic E-state index is 13.8. The molecule has 3 unspecified atom stereocenters. The first-order valence-corrected chi connectivity index (χ1v) is 13.7. The molecule has 202 valence electrons. The summed E-state index contributed by atoms with van der Waals surface area (Å²) >= 11 is 0. The van der Waals surface area contributed by atoms with E-state index in [1.165, 1.54) is 17.4 Å². The van der Waals surface area contributed by atoms with Gasteiger partial charge in [0.15, 0.2) is 11.9 Å². The highest BCUT2D eigenvalue weighted by Crippen LogP contribution is 2.29. The van der Waals surface area contributed by atoms with Crippen molar-refractivity contribution in [3.63, 3.8) is 0 Å². The van der Waals surface area contributed by atoms with Crippen LogP contribution < -0.4 is 0 Å². The zero-order valence-electron chi connectivity index (χ0n) is 22.1. The van der Waals surface area contributed by atoms with Crippen molar-refractivity contribution in [2.24, 2.45) is 11.8 Å². The Morgan fingerprint density at radius 1 is 1.03 bits per heavy atom. The number of cyclic esters (lactones) is 1. The van der Waals surface area contributed by atoms with E-state index in [2.05, 4.69) is 0 Å². The Kier molecular flexibility index (Phi) is 11.4. The second kappa shape index (κ2) is 14.7. The molecule has 1 aromatic carbocycles. The van der Waals surface area contributed by atoms with Crippen LogP contribution >= 0.6 is 0 Å². The number of aliphatic hydroxyl groups is 1. The van der Waals surface area contributed by atoms with Gasteiger partial charge in [-0.2, -0.15) is 0 Å². The van der Waals surface area contributed by atoms with Crippen molar-refractivity contribution in [1.82, 2.24) is 4.90 Å². The number of ketones is 1. The van der Waals surface area contributed by atoms with Crippen molar-refractivity contribution in [2.45, 2.75) is 83.8 Å². The van der Waals surface area contributed by atoms with E-state index in [-0.39, 0.29) is 37.4 Å². The van der Waals surface area contributed by atoms with Gasteiger partial charge >= 0.3 is 6.09 Å². The Morgan fingerprint density at radius 2 is 1.70 bits per heavy atom. The summed E-state index contributed by atoms with van der Waals surface area (Å²) in [6.07, 6.45) is 12.1. The van der Waals surface area contributed by atoms with Crippen LogP contribution in [-0.4, -0.2) is 53.1 Å². The van der Waals surface area contributed by atoms with Gasteiger partial charge in [0.25, 0.3) is 0 Å². The van der Waals surface area contributed by atoms with E-state index in [4.69, 9.17) is 14.6 Å². The summed E-state index contributed by atoms with van der Waals surface area (Å²) in [6.45, 7) is 4.31. The third-order valence-electron chi connectivity index (χ3n) is 7.06. The molecule has 0 spiro atoms. The number of amides is 2. The lowest BCUT2D eigenvalue weighted by molar-refractivity contribution is -0.144. The number of imide groups is 1. The van der Waals surface area contributed by atoms with Crippen molar-refractivity contribution in [3.05, 3.63) is 59.9 Å². The molecule has 7 heteroatoms. The minimum absolute atomic E-state index is 0.0285. The Balaban J connectivity index is 1.68. The van der Waals surface area contributed by atoms with Gasteiger partial charge in [0.1, 0.15) is 12.4 Å². The second-order valence-corrected chi connectivity index (χ2v) is 10.3. The largest absolute Gasteiger partial charge is 0.482 e. The van der Waals surface area contributed by atoms with Crippen molar-refractivity contribution in [3.8, 4) is 0 Å². The number of aliphatic hydroxyl groups excluding tert-OH is 1. The lowest BCUT2D eigenvalue weighted by Crippen LogP contribution is -2.50. The average molecular weight is 512 g/mol. The first kappa shape index (κ1) is 28.6. The van der Waals surface area contributed by atoms with Gasteiger partial charge in [-0.25, -0.2) is 9.69 Å². The molecule has 1 aromatic rings. The first-order valence-electron chi connectivity index (χ1n) is 13.7. The van der Waals surface area contributed by atoms with Crippen LogP contribution in [0.4, 0.5) is 4.79 Å². The maximum Gasteiger partial charge on any atom is 0.416 e. The first-order chi connectivity index (χ1) is 17.9. The van der Waals surface area contributed by atoms with Crippen LogP contribution in [0.1, 0.15) is 70.8 Å². The Morgan fingerprint density at radius 3 is 2.38 bits per heavy atom. The molecule has 0 bridgehead atoms. The zero-order valence-corrected chi connectivity index (χ0v) is 22.1. The van der Waals surface area contributed by atoms with Gasteiger partial charge in [0.05, 0.1) is 12.0 Å². The number of allylic oxidation sites excluding steroid dienone is 2. The molecule has 0 aromatic heterocycles. The summed E-state index contributed by atoms with van der Waals surface area (Å²) in [5.74, 6) is -0.945. The number of rotatable bonds is 14. The molecular weight excluding hydrogens is 470 g/mol. The highest BCUT2D eigenvalue weighted by molar-refractivity contribution is 6.02. The second-order valence-electron chi connectivity index (χ2n) is 10.3. The van der Waals surface area contributed by atoms with Gasteiger partial charge in [-0.3, -0.25) is 9.59 Å². The molecule has 3 rings (SSSR count). The third-order valence-corrected chi connectivity index (χ3v) is 7.06. The van der Waals surface area contributed by atoms with Gasteiger partial charge in [-0.15, -0.1) is 0 Å². The molecule has 1 fully saturated rings. The summed E-state index contributed by atoms with van der Waals surface area (Å²) in [7, 11) is 0. The lowest BCUT2D eigenvalue weighted by Gasteiger charge is -2.32. The molecule has 1 N–H and O–H groups in total. The zero-order chi connectivity index (χ0) is 26.6. The van der Waals surface area contributed by atoms with Gasteiger partial charge in [0.2, 0.25) is 5.91 Å². The Bertz CT molecular complexity index is 954. The van der Waals surface area contributed by atoms with Gasteiger partial charge in [-0.05, 0) is 55.4 Å². The van der Waals surface area contributed by atoms with Crippen molar-refractivity contribution < 1.29 is 29.0 Å². The number of benzene rings is 1. The molecular formula is C30H41NO6. The summed E-state index contributed by atoms with van der Waals surface area (Å²) in [5, 5.41) is 8.85. The van der Waals surface area contributed by atoms with Gasteiger partial charge < -0.3 is 14.6 Å². The highest BCUT2D eigenvalue weighted by Gasteiger charge is 2.46. The summed E-state index contributed by atoms with van der Waals surface area (Å²) < 4.78 is 11.3. The minimum Gasteiger partial charge on any atom is -0.482 e. The van der Waals surface area contributed by atoms with Crippen LogP contribution in [0.2, 0.25) is 0 Å². The number of hydrogen-bond donors (Lipinski definition) is 1. The van der Waals surface area contributed by atoms with E-state index in [1.807, 2.05) is 50.3 Å². The molecule has 0 aliphatic carbocycles. The molecule has 2 aliphatic rings. The molecule has 37 heavy (non-hydrogen) atoms. The number of nitrogens with zero attached hydrogens (tertiary/aromatic N) is 1. The van der Waals surface area contributed by atoms with Crippen LogP contribution in [0, 0.1) is 11.8 Å². The van der Waals surface area contributed by atoms with Crippen LogP contribution in [0.5, 0.6) is 0 Å². The van der Waals surface area contributed by atoms with Gasteiger partial charge in [0, 0.05) is 6.61 Å². The SMILES string of the molecule is CC(C)C1COC(=O)N1C(=O)C(Cc1ccccc1)C1OC(=CCCCCCCCCCO)C=CC1=O. The molecule has 7 nitrogen and oxygen atoms in total. The van der Waals surface area contributed by atoms with Crippen LogP contribution in [0.25, 0.3) is 0 Å². The molecule has 2 heterocycles. The van der Waals surface area contributed by atoms with E-state index in [1.54, 1.807) is 6.08 Å². The fraction of sp³-hybridized carbons (Fsp3) is 0.567. The molecule has 3 atom stereocenters. The molecule has 2 aliphatic heterocycles. The van der Waals surface area contributed by atoms with Crippen molar-refractivity contribution >= 4 is 17.8 Å². The third kappa shape index (κ3) is 8.29. The standard InChI is InChI=1S/C30H41NO6/c1-22(2)26-21-36-30(35)31(26)29(34)25(20-23-14-10-9-11-15-23)28-27(33)18-17-24(37-28)16-12-7-5-3-4-6-8-13-19-32/h9-11,14-18,22,25-26,28,32H,3-8,12-13,19-21H2,1-2H3.